The zero-order chi connectivity index (χ0) is 15.6. The van der Waals surface area contributed by atoms with E-state index in [1.165, 1.54) is 4.90 Å². The summed E-state index contributed by atoms with van der Waals surface area (Å²) in [5, 5.41) is 0. The predicted octanol–water partition coefficient (Wildman–Crippen LogP) is 3.10. The topological polar surface area (TPSA) is 29.5 Å². The third kappa shape index (κ3) is 3.53. The molecule has 2 rings (SSSR count). The van der Waals surface area contributed by atoms with E-state index in [0.717, 1.165) is 12.1 Å². The summed E-state index contributed by atoms with van der Waals surface area (Å²) in [5.41, 5.74) is -1.98. The lowest BCUT2D eigenvalue weighted by atomic mass is 10.1. The maximum Gasteiger partial charge on any atom is 0.419 e. The SMILES string of the molecule is CC1CN(C(=O)c2cccc(C(F)(F)F)c2F)CCCO1. The summed E-state index contributed by atoms with van der Waals surface area (Å²) in [5.74, 6) is -2.26. The smallest absolute Gasteiger partial charge is 0.377 e. The van der Waals surface area contributed by atoms with Crippen molar-refractivity contribution in [3.05, 3.63) is 35.1 Å². The minimum Gasteiger partial charge on any atom is -0.377 e. The summed E-state index contributed by atoms with van der Waals surface area (Å²) in [6, 6.07) is 2.74. The van der Waals surface area contributed by atoms with E-state index < -0.39 is 29.0 Å². The van der Waals surface area contributed by atoms with Gasteiger partial charge in [0, 0.05) is 19.7 Å². The Morgan fingerprint density at radius 3 is 2.76 bits per heavy atom. The van der Waals surface area contributed by atoms with Crippen LogP contribution in [0, 0.1) is 5.82 Å². The number of halogens is 4. The molecule has 0 saturated carbocycles. The lowest BCUT2D eigenvalue weighted by Gasteiger charge is -2.23. The Balaban J connectivity index is 2.31. The molecule has 3 nitrogen and oxygen atoms in total. The molecule has 7 heteroatoms. The molecule has 0 bridgehead atoms. The molecule has 0 aliphatic carbocycles. The summed E-state index contributed by atoms with van der Waals surface area (Å²) >= 11 is 0. The van der Waals surface area contributed by atoms with Gasteiger partial charge in [0.15, 0.2) is 0 Å². The van der Waals surface area contributed by atoms with Gasteiger partial charge in [-0.15, -0.1) is 0 Å². The van der Waals surface area contributed by atoms with Crippen LogP contribution >= 0.6 is 0 Å². The van der Waals surface area contributed by atoms with Crippen LogP contribution in [-0.2, 0) is 10.9 Å². The van der Waals surface area contributed by atoms with Gasteiger partial charge in [-0.05, 0) is 25.5 Å². The molecule has 116 valence electrons. The lowest BCUT2D eigenvalue weighted by molar-refractivity contribution is -0.140. The summed E-state index contributed by atoms with van der Waals surface area (Å²) in [4.78, 5) is 13.6. The summed E-state index contributed by atoms with van der Waals surface area (Å²) < 4.78 is 57.4. The van der Waals surface area contributed by atoms with E-state index in [1.807, 2.05) is 0 Å². The molecule has 1 atom stereocenters. The predicted molar refractivity (Wildman–Crippen MR) is 67.3 cm³/mol. The van der Waals surface area contributed by atoms with E-state index >= 15 is 0 Å². The molecule has 1 aliphatic heterocycles. The molecule has 0 aromatic heterocycles. The Labute approximate surface area is 119 Å². The highest BCUT2D eigenvalue weighted by atomic mass is 19.4. The van der Waals surface area contributed by atoms with Crippen molar-refractivity contribution in [2.45, 2.75) is 25.6 Å². The minimum atomic E-state index is -4.82. The van der Waals surface area contributed by atoms with Gasteiger partial charge in [-0.2, -0.15) is 13.2 Å². The van der Waals surface area contributed by atoms with Crippen LogP contribution in [0.4, 0.5) is 17.6 Å². The van der Waals surface area contributed by atoms with Crippen LogP contribution < -0.4 is 0 Å². The molecule has 0 spiro atoms. The van der Waals surface area contributed by atoms with Gasteiger partial charge in [0.05, 0.1) is 17.2 Å². The van der Waals surface area contributed by atoms with Gasteiger partial charge in [0.1, 0.15) is 5.82 Å². The van der Waals surface area contributed by atoms with E-state index in [9.17, 15) is 22.4 Å². The third-order valence-corrected chi connectivity index (χ3v) is 3.27. The molecule has 1 aromatic rings. The molecule has 21 heavy (non-hydrogen) atoms. The average molecular weight is 305 g/mol. The fourth-order valence-corrected chi connectivity index (χ4v) is 2.27. The molecule has 0 N–H and O–H groups in total. The van der Waals surface area contributed by atoms with Crippen molar-refractivity contribution < 1.29 is 27.1 Å². The Kier molecular flexibility index (Phi) is 4.51. The molecule has 1 aromatic carbocycles. The largest absolute Gasteiger partial charge is 0.419 e. The van der Waals surface area contributed by atoms with Crippen molar-refractivity contribution in [3.8, 4) is 0 Å². The van der Waals surface area contributed by atoms with E-state index in [0.29, 0.717) is 25.6 Å². The van der Waals surface area contributed by atoms with E-state index in [-0.39, 0.29) is 12.6 Å². The monoisotopic (exact) mass is 305 g/mol. The van der Waals surface area contributed by atoms with Gasteiger partial charge in [-0.3, -0.25) is 4.79 Å². The molecule has 1 aliphatic rings. The Morgan fingerprint density at radius 1 is 1.38 bits per heavy atom. The zero-order valence-corrected chi connectivity index (χ0v) is 11.4. The highest BCUT2D eigenvalue weighted by Gasteiger charge is 2.36. The first-order chi connectivity index (χ1) is 9.80. The maximum atomic E-state index is 14.0. The molecular weight excluding hydrogens is 290 g/mol. The second kappa shape index (κ2) is 6.01. The van der Waals surface area contributed by atoms with Crippen molar-refractivity contribution in [2.24, 2.45) is 0 Å². The third-order valence-electron chi connectivity index (χ3n) is 3.27. The van der Waals surface area contributed by atoms with Crippen LogP contribution in [0.2, 0.25) is 0 Å². The number of nitrogens with zero attached hydrogens (tertiary/aromatic N) is 1. The van der Waals surface area contributed by atoms with Gasteiger partial charge in [0.2, 0.25) is 0 Å². The molecule has 0 radical (unpaired) electrons. The standard InChI is InChI=1S/C14H15F4NO2/c1-9-8-19(6-3-7-21-9)13(20)10-4-2-5-11(12(10)15)14(16,17)18/h2,4-5,9H,3,6-8H2,1H3. The number of hydrogen-bond acceptors (Lipinski definition) is 2. The summed E-state index contributed by atoms with van der Waals surface area (Å²) in [6.45, 7) is 2.79. The van der Waals surface area contributed by atoms with Crippen LogP contribution in [0.1, 0.15) is 29.3 Å². The van der Waals surface area contributed by atoms with Crippen LogP contribution in [0.15, 0.2) is 18.2 Å². The number of ether oxygens (including phenoxy) is 1. The van der Waals surface area contributed by atoms with Crippen LogP contribution in [-0.4, -0.2) is 36.6 Å². The molecule has 1 heterocycles. The first-order valence-electron chi connectivity index (χ1n) is 6.57. The Bertz CT molecular complexity index is 530. The number of benzene rings is 1. The number of amides is 1. The van der Waals surface area contributed by atoms with Gasteiger partial charge in [0.25, 0.3) is 5.91 Å². The van der Waals surface area contributed by atoms with Crippen LogP contribution in [0.3, 0.4) is 0 Å². The summed E-state index contributed by atoms with van der Waals surface area (Å²) in [6.07, 6.45) is -4.49. The lowest BCUT2D eigenvalue weighted by Crippen LogP contribution is -2.36. The van der Waals surface area contributed by atoms with Crippen LogP contribution in [0.5, 0.6) is 0 Å². The number of alkyl halides is 3. The Hall–Kier alpha value is -1.63. The van der Waals surface area contributed by atoms with Crippen LogP contribution in [0.25, 0.3) is 0 Å². The van der Waals surface area contributed by atoms with Crippen molar-refractivity contribution >= 4 is 5.91 Å². The van der Waals surface area contributed by atoms with Crippen molar-refractivity contribution in [2.75, 3.05) is 19.7 Å². The first kappa shape index (κ1) is 15.8. The van der Waals surface area contributed by atoms with Gasteiger partial charge < -0.3 is 9.64 Å². The maximum absolute atomic E-state index is 14.0. The molecule has 1 fully saturated rings. The fourth-order valence-electron chi connectivity index (χ4n) is 2.27. The second-order valence-electron chi connectivity index (χ2n) is 4.95. The minimum absolute atomic E-state index is 0.231. The van der Waals surface area contributed by atoms with E-state index in [1.54, 1.807) is 6.92 Å². The molecular formula is C14H15F4NO2. The number of carbonyl (C=O) groups excluding carboxylic acids is 1. The quantitative estimate of drug-likeness (QED) is 0.746. The summed E-state index contributed by atoms with van der Waals surface area (Å²) in [7, 11) is 0. The molecule has 1 unspecified atom stereocenters. The van der Waals surface area contributed by atoms with Gasteiger partial charge in [-0.1, -0.05) is 6.07 Å². The average Bonchev–Trinajstić information content (AvgIpc) is 2.61. The van der Waals surface area contributed by atoms with E-state index in [2.05, 4.69) is 0 Å². The number of carbonyl (C=O) groups is 1. The number of rotatable bonds is 1. The Morgan fingerprint density at radius 2 is 2.10 bits per heavy atom. The van der Waals surface area contributed by atoms with E-state index in [4.69, 9.17) is 4.74 Å². The first-order valence-corrected chi connectivity index (χ1v) is 6.57. The van der Waals surface area contributed by atoms with Crippen molar-refractivity contribution in [3.63, 3.8) is 0 Å². The molecule has 1 saturated heterocycles. The zero-order valence-electron chi connectivity index (χ0n) is 11.4. The van der Waals surface area contributed by atoms with Crippen molar-refractivity contribution in [1.29, 1.82) is 0 Å². The fraction of sp³-hybridized carbons (Fsp3) is 0.500. The normalized spacial score (nSPS) is 20.2. The second-order valence-corrected chi connectivity index (χ2v) is 4.95. The molecule has 1 amide bonds. The highest BCUT2D eigenvalue weighted by molar-refractivity contribution is 5.94. The van der Waals surface area contributed by atoms with Gasteiger partial charge in [-0.25, -0.2) is 4.39 Å². The van der Waals surface area contributed by atoms with Crippen molar-refractivity contribution in [1.82, 2.24) is 4.90 Å². The number of hydrogen-bond donors (Lipinski definition) is 0. The van der Waals surface area contributed by atoms with Gasteiger partial charge >= 0.3 is 6.18 Å². The highest BCUT2D eigenvalue weighted by Crippen LogP contribution is 2.32.